The van der Waals surface area contributed by atoms with E-state index >= 15 is 0 Å². The second kappa shape index (κ2) is 6.66. The Morgan fingerprint density at radius 3 is 2.24 bits per heavy atom. The van der Waals surface area contributed by atoms with Gasteiger partial charge in [0.1, 0.15) is 5.78 Å². The number of amides is 1. The molecule has 2 aromatic rings. The van der Waals surface area contributed by atoms with Gasteiger partial charge in [-0.25, -0.2) is 0 Å². The molecule has 1 aromatic carbocycles. The van der Waals surface area contributed by atoms with Gasteiger partial charge in [0.25, 0.3) is 5.91 Å². The maximum Gasteiger partial charge on any atom is 0.471 e. The number of carbonyl (C=O) groups is 2. The van der Waals surface area contributed by atoms with Crippen LogP contribution in [0.5, 0.6) is 0 Å². The van der Waals surface area contributed by atoms with Crippen molar-refractivity contribution in [3.63, 3.8) is 0 Å². The Bertz CT molecular complexity index is 780. The van der Waals surface area contributed by atoms with E-state index in [2.05, 4.69) is 20.0 Å². The molecule has 9 heteroatoms. The minimum atomic E-state index is -4.71. The third kappa shape index (κ3) is 4.88. The lowest BCUT2D eigenvalue weighted by atomic mass is 9.97. The highest BCUT2D eigenvalue weighted by Crippen LogP contribution is 2.29. The van der Waals surface area contributed by atoms with Crippen LogP contribution >= 0.6 is 0 Å². The SMILES string of the molecule is CC(=O)CC(C)(C)NC(=O)c1ccc(-c2noc(C(F)(F)F)n2)cc1. The van der Waals surface area contributed by atoms with Gasteiger partial charge < -0.3 is 9.84 Å². The average molecular weight is 355 g/mol. The van der Waals surface area contributed by atoms with Gasteiger partial charge in [0.15, 0.2) is 0 Å². The van der Waals surface area contributed by atoms with Gasteiger partial charge in [0.05, 0.1) is 0 Å². The molecule has 0 atom stereocenters. The van der Waals surface area contributed by atoms with Crippen molar-refractivity contribution in [3.05, 3.63) is 35.7 Å². The lowest BCUT2D eigenvalue weighted by Gasteiger charge is -2.25. The highest BCUT2D eigenvalue weighted by molar-refractivity contribution is 5.95. The van der Waals surface area contributed by atoms with Crippen LogP contribution in [0.1, 0.15) is 43.4 Å². The molecule has 0 fully saturated rings. The zero-order valence-electron chi connectivity index (χ0n) is 13.8. The van der Waals surface area contributed by atoms with Crippen molar-refractivity contribution >= 4 is 11.7 Å². The van der Waals surface area contributed by atoms with E-state index in [0.29, 0.717) is 5.56 Å². The molecule has 1 amide bonds. The zero-order chi connectivity index (χ0) is 18.8. The molecule has 1 heterocycles. The molecule has 0 aliphatic carbocycles. The van der Waals surface area contributed by atoms with Crippen molar-refractivity contribution in [2.75, 3.05) is 0 Å². The Hall–Kier alpha value is -2.71. The Morgan fingerprint density at radius 1 is 1.16 bits per heavy atom. The van der Waals surface area contributed by atoms with E-state index in [1.54, 1.807) is 13.8 Å². The molecule has 134 valence electrons. The molecular weight excluding hydrogens is 339 g/mol. The summed E-state index contributed by atoms with van der Waals surface area (Å²) >= 11 is 0. The number of hydrogen-bond acceptors (Lipinski definition) is 5. The minimum absolute atomic E-state index is 0.0572. The highest BCUT2D eigenvalue weighted by atomic mass is 19.4. The van der Waals surface area contributed by atoms with Crippen LogP contribution in [-0.2, 0) is 11.0 Å². The fourth-order valence-electron chi connectivity index (χ4n) is 2.27. The van der Waals surface area contributed by atoms with E-state index in [1.807, 2.05) is 0 Å². The lowest BCUT2D eigenvalue weighted by molar-refractivity contribution is -0.159. The van der Waals surface area contributed by atoms with Gasteiger partial charge in [-0.05, 0) is 32.9 Å². The first-order valence-electron chi connectivity index (χ1n) is 7.31. The molecule has 0 aliphatic rings. The van der Waals surface area contributed by atoms with Crippen molar-refractivity contribution in [2.45, 2.75) is 38.9 Å². The number of nitrogens with one attached hydrogen (secondary N) is 1. The number of aromatic nitrogens is 2. The number of alkyl halides is 3. The van der Waals surface area contributed by atoms with Crippen LogP contribution in [0.15, 0.2) is 28.8 Å². The number of ketones is 1. The van der Waals surface area contributed by atoms with Crippen LogP contribution in [0.4, 0.5) is 13.2 Å². The Morgan fingerprint density at radius 2 is 1.76 bits per heavy atom. The van der Waals surface area contributed by atoms with Crippen molar-refractivity contribution in [3.8, 4) is 11.4 Å². The monoisotopic (exact) mass is 355 g/mol. The third-order valence-electron chi connectivity index (χ3n) is 3.22. The van der Waals surface area contributed by atoms with Crippen LogP contribution in [0.2, 0.25) is 0 Å². The number of Topliss-reactive ketones (excluding diaryl/α,β-unsaturated/α-hetero) is 1. The van der Waals surface area contributed by atoms with E-state index in [1.165, 1.54) is 31.2 Å². The van der Waals surface area contributed by atoms with Crippen molar-refractivity contribution in [1.82, 2.24) is 15.5 Å². The molecule has 1 aromatic heterocycles. The summed E-state index contributed by atoms with van der Waals surface area (Å²) in [5.41, 5.74) is -0.143. The quantitative estimate of drug-likeness (QED) is 0.890. The van der Waals surface area contributed by atoms with Crippen LogP contribution in [0.25, 0.3) is 11.4 Å². The van der Waals surface area contributed by atoms with Gasteiger partial charge in [-0.3, -0.25) is 9.59 Å². The first-order valence-corrected chi connectivity index (χ1v) is 7.31. The minimum Gasteiger partial charge on any atom is -0.347 e. The molecule has 0 unspecified atom stereocenters. The van der Waals surface area contributed by atoms with E-state index in [-0.39, 0.29) is 23.6 Å². The molecule has 6 nitrogen and oxygen atoms in total. The van der Waals surface area contributed by atoms with E-state index < -0.39 is 23.5 Å². The van der Waals surface area contributed by atoms with Gasteiger partial charge in [-0.1, -0.05) is 17.3 Å². The van der Waals surface area contributed by atoms with Crippen LogP contribution < -0.4 is 5.32 Å². The number of carbonyl (C=O) groups excluding carboxylic acids is 2. The maximum absolute atomic E-state index is 12.5. The maximum atomic E-state index is 12.5. The van der Waals surface area contributed by atoms with E-state index in [4.69, 9.17) is 0 Å². The molecule has 0 aliphatic heterocycles. The van der Waals surface area contributed by atoms with Crippen molar-refractivity contribution in [1.29, 1.82) is 0 Å². The van der Waals surface area contributed by atoms with Crippen molar-refractivity contribution < 1.29 is 27.3 Å². The molecule has 0 radical (unpaired) electrons. The van der Waals surface area contributed by atoms with Gasteiger partial charge >= 0.3 is 12.1 Å². The van der Waals surface area contributed by atoms with Gasteiger partial charge in [-0.2, -0.15) is 18.2 Å². The largest absolute Gasteiger partial charge is 0.471 e. The van der Waals surface area contributed by atoms with Crippen molar-refractivity contribution in [2.24, 2.45) is 0 Å². The summed E-state index contributed by atoms with van der Waals surface area (Å²) in [7, 11) is 0. The second-order valence-electron chi connectivity index (χ2n) is 6.22. The molecule has 0 bridgehead atoms. The number of halogens is 3. The summed E-state index contributed by atoms with van der Waals surface area (Å²) < 4.78 is 41.6. The fourth-order valence-corrected chi connectivity index (χ4v) is 2.27. The zero-order valence-corrected chi connectivity index (χ0v) is 13.8. The molecule has 25 heavy (non-hydrogen) atoms. The predicted octanol–water partition coefficient (Wildman–Crippen LogP) is 3.24. The number of nitrogens with zero attached hydrogens (tertiary/aromatic N) is 2. The lowest BCUT2D eigenvalue weighted by Crippen LogP contribution is -2.44. The molecule has 0 saturated carbocycles. The third-order valence-corrected chi connectivity index (χ3v) is 3.22. The van der Waals surface area contributed by atoms with Crippen LogP contribution in [0, 0.1) is 0 Å². The smallest absolute Gasteiger partial charge is 0.347 e. The summed E-state index contributed by atoms with van der Waals surface area (Å²) in [4.78, 5) is 26.7. The normalized spacial score (nSPS) is 12.1. The van der Waals surface area contributed by atoms with E-state index in [9.17, 15) is 22.8 Å². The molecule has 1 N–H and O–H groups in total. The van der Waals surface area contributed by atoms with E-state index in [0.717, 1.165) is 0 Å². The molecule has 0 saturated heterocycles. The topological polar surface area (TPSA) is 85.1 Å². The predicted molar refractivity (Wildman–Crippen MR) is 81.6 cm³/mol. The average Bonchev–Trinajstić information content (AvgIpc) is 2.95. The van der Waals surface area contributed by atoms with Crippen LogP contribution in [-0.4, -0.2) is 27.4 Å². The first-order chi connectivity index (χ1) is 11.5. The van der Waals surface area contributed by atoms with Gasteiger partial charge in [-0.15, -0.1) is 0 Å². The molecule has 0 spiro atoms. The highest BCUT2D eigenvalue weighted by Gasteiger charge is 2.38. The number of hydrogen-bond donors (Lipinski definition) is 1. The Kier molecular flexibility index (Phi) is 4.96. The molecular formula is C16H16F3N3O3. The first kappa shape index (κ1) is 18.6. The number of benzene rings is 1. The summed E-state index contributed by atoms with van der Waals surface area (Å²) in [5.74, 6) is -2.12. The van der Waals surface area contributed by atoms with Crippen LogP contribution in [0.3, 0.4) is 0 Å². The second-order valence-corrected chi connectivity index (χ2v) is 6.22. The number of rotatable bonds is 5. The van der Waals surface area contributed by atoms with Gasteiger partial charge in [0, 0.05) is 23.1 Å². The molecule has 2 rings (SSSR count). The summed E-state index contributed by atoms with van der Waals surface area (Å²) in [6, 6.07) is 5.69. The standard InChI is InChI=1S/C16H16F3N3O3/c1-9(23)8-15(2,3)21-13(24)11-6-4-10(5-7-11)12-20-14(25-22-12)16(17,18)19/h4-7H,8H2,1-3H3,(H,21,24). The fraction of sp³-hybridized carbons (Fsp3) is 0.375. The summed E-state index contributed by atoms with van der Waals surface area (Å²) in [6.07, 6.45) is -4.53. The van der Waals surface area contributed by atoms with Gasteiger partial charge in [0.2, 0.25) is 5.82 Å². The summed E-state index contributed by atoms with van der Waals surface area (Å²) in [5, 5.41) is 6.00. The Labute approximate surface area is 141 Å². The summed E-state index contributed by atoms with van der Waals surface area (Å²) in [6.45, 7) is 4.88. The Balaban J connectivity index is 2.13.